The second-order valence-corrected chi connectivity index (χ2v) is 13.5. The molecule has 2 N–H and O–H groups in total. The third-order valence-electron chi connectivity index (χ3n) is 8.56. The molecule has 0 saturated heterocycles. The standard InChI is InChI=1S/C38H38ClN5O2S/c1-22-11-16-33(26(5)17-22)41-36(45)34-27(6)40-37-42-38(47-21-29-9-7-8-10-32(29)39)43-44(37)35(34)28-12-14-31(15-13-28)46-20-30-19-24(3)23(2)18-25(30)4/h7-19,35H,20-21H2,1-6H3,(H,41,45)(H,40,42,43). The third-order valence-corrected chi connectivity index (χ3v) is 9.82. The summed E-state index contributed by atoms with van der Waals surface area (Å²) in [4.78, 5) is 18.9. The highest BCUT2D eigenvalue weighted by Gasteiger charge is 2.34. The van der Waals surface area contributed by atoms with Gasteiger partial charge in [0, 0.05) is 22.2 Å². The molecule has 4 aromatic carbocycles. The Labute approximate surface area is 285 Å². The maximum atomic E-state index is 14.1. The lowest BCUT2D eigenvalue weighted by atomic mass is 9.94. The van der Waals surface area contributed by atoms with E-state index in [9.17, 15) is 4.79 Å². The highest BCUT2D eigenvalue weighted by Crippen LogP contribution is 2.38. The fraction of sp³-hybridized carbons (Fsp3) is 0.237. The molecule has 1 aromatic heterocycles. The van der Waals surface area contributed by atoms with E-state index >= 15 is 0 Å². The van der Waals surface area contributed by atoms with Gasteiger partial charge >= 0.3 is 0 Å². The van der Waals surface area contributed by atoms with Crippen molar-refractivity contribution in [3.8, 4) is 5.75 Å². The van der Waals surface area contributed by atoms with Gasteiger partial charge in [0.25, 0.3) is 5.91 Å². The van der Waals surface area contributed by atoms with E-state index in [-0.39, 0.29) is 5.91 Å². The van der Waals surface area contributed by atoms with E-state index in [2.05, 4.69) is 49.6 Å². The SMILES string of the molecule is CC1=C(C(=O)Nc2ccc(C)cc2C)C(c2ccc(OCc3cc(C)c(C)cc3C)cc2)n2nc(SCc3ccccc3Cl)nc2N1. The van der Waals surface area contributed by atoms with E-state index in [4.69, 9.17) is 26.4 Å². The minimum atomic E-state index is -0.518. The summed E-state index contributed by atoms with van der Waals surface area (Å²) in [6, 6.07) is 25.5. The number of nitrogens with zero attached hydrogens (tertiary/aromatic N) is 3. The van der Waals surface area contributed by atoms with E-state index in [1.165, 1.54) is 28.5 Å². The second-order valence-electron chi connectivity index (χ2n) is 12.1. The molecule has 6 rings (SSSR count). The molecule has 0 aliphatic carbocycles. The first-order valence-electron chi connectivity index (χ1n) is 15.6. The van der Waals surface area contributed by atoms with Gasteiger partial charge in [-0.15, -0.1) is 5.10 Å². The molecular formula is C38H38ClN5O2S. The number of allylic oxidation sites excluding steroid dienone is 1. The van der Waals surface area contributed by atoms with Crippen molar-refractivity contribution in [2.45, 2.75) is 65.1 Å². The van der Waals surface area contributed by atoms with E-state index in [1.807, 2.05) is 81.4 Å². The lowest BCUT2D eigenvalue weighted by Crippen LogP contribution is -2.31. The Bertz CT molecular complexity index is 2000. The quantitative estimate of drug-likeness (QED) is 0.153. The first-order chi connectivity index (χ1) is 22.6. The number of hydrogen-bond donors (Lipinski definition) is 2. The van der Waals surface area contributed by atoms with Crippen molar-refractivity contribution in [3.63, 3.8) is 0 Å². The van der Waals surface area contributed by atoms with Crippen LogP contribution in [0.5, 0.6) is 5.75 Å². The molecule has 5 aromatic rings. The fourth-order valence-electron chi connectivity index (χ4n) is 5.78. The maximum Gasteiger partial charge on any atom is 0.255 e. The molecular weight excluding hydrogens is 626 g/mol. The van der Waals surface area contributed by atoms with E-state index in [0.29, 0.717) is 39.8 Å². The number of rotatable bonds is 9. The number of thioether (sulfide) groups is 1. The first kappa shape index (κ1) is 32.4. The fourth-order valence-corrected chi connectivity index (χ4v) is 6.89. The van der Waals surface area contributed by atoms with Crippen LogP contribution in [-0.2, 0) is 17.2 Å². The van der Waals surface area contributed by atoms with Crippen molar-refractivity contribution < 1.29 is 9.53 Å². The van der Waals surface area contributed by atoms with Crippen molar-refractivity contribution in [3.05, 3.63) is 140 Å². The number of halogens is 1. The largest absolute Gasteiger partial charge is 0.489 e. The van der Waals surface area contributed by atoms with Crippen LogP contribution in [0.4, 0.5) is 11.6 Å². The molecule has 1 atom stereocenters. The number of aromatic nitrogens is 3. The highest BCUT2D eigenvalue weighted by atomic mass is 35.5. The number of carbonyl (C=O) groups excluding carboxylic acids is 1. The molecule has 0 spiro atoms. The Kier molecular flexibility index (Phi) is 9.43. The molecule has 1 aliphatic rings. The van der Waals surface area contributed by atoms with E-state index < -0.39 is 6.04 Å². The number of ether oxygens (including phenoxy) is 1. The second kappa shape index (κ2) is 13.7. The van der Waals surface area contributed by atoms with Crippen LogP contribution in [0.2, 0.25) is 5.02 Å². The van der Waals surface area contributed by atoms with Crippen LogP contribution in [0.15, 0.2) is 95.3 Å². The summed E-state index contributed by atoms with van der Waals surface area (Å²) in [6.45, 7) is 12.8. The third kappa shape index (κ3) is 7.09. The van der Waals surface area contributed by atoms with Crippen LogP contribution in [0.3, 0.4) is 0 Å². The molecule has 0 radical (unpaired) electrons. The molecule has 0 fully saturated rings. The van der Waals surface area contributed by atoms with Gasteiger partial charge in [0.2, 0.25) is 11.1 Å². The smallest absolute Gasteiger partial charge is 0.255 e. The van der Waals surface area contributed by atoms with Crippen LogP contribution in [0, 0.1) is 34.6 Å². The van der Waals surface area contributed by atoms with Gasteiger partial charge in [0.05, 0.1) is 5.57 Å². The van der Waals surface area contributed by atoms with Crippen LogP contribution >= 0.6 is 23.4 Å². The predicted molar refractivity (Wildman–Crippen MR) is 191 cm³/mol. The highest BCUT2D eigenvalue weighted by molar-refractivity contribution is 7.98. The van der Waals surface area contributed by atoms with Gasteiger partial charge in [-0.05, 0) is 105 Å². The van der Waals surface area contributed by atoms with Gasteiger partial charge in [-0.1, -0.05) is 83.5 Å². The molecule has 1 aliphatic heterocycles. The first-order valence-corrected chi connectivity index (χ1v) is 16.9. The van der Waals surface area contributed by atoms with E-state index in [0.717, 1.165) is 39.3 Å². The zero-order valence-corrected chi connectivity index (χ0v) is 29.0. The van der Waals surface area contributed by atoms with Crippen molar-refractivity contribution in [1.29, 1.82) is 0 Å². The molecule has 0 bridgehead atoms. The minimum absolute atomic E-state index is 0.205. The molecule has 0 saturated carbocycles. The van der Waals surface area contributed by atoms with Crippen molar-refractivity contribution >= 4 is 40.9 Å². The van der Waals surface area contributed by atoms with Gasteiger partial charge in [-0.3, -0.25) is 4.79 Å². The predicted octanol–water partition coefficient (Wildman–Crippen LogP) is 9.27. The van der Waals surface area contributed by atoms with Gasteiger partial charge in [-0.25, -0.2) is 4.68 Å². The number of benzene rings is 4. The summed E-state index contributed by atoms with van der Waals surface area (Å²) in [5.74, 6) is 1.73. The summed E-state index contributed by atoms with van der Waals surface area (Å²) in [5, 5.41) is 12.7. The van der Waals surface area contributed by atoms with Gasteiger partial charge in [-0.2, -0.15) is 4.98 Å². The molecule has 240 valence electrons. The summed E-state index contributed by atoms with van der Waals surface area (Å²) in [6.07, 6.45) is 0. The van der Waals surface area contributed by atoms with Crippen LogP contribution in [0.25, 0.3) is 0 Å². The molecule has 7 nitrogen and oxygen atoms in total. The van der Waals surface area contributed by atoms with E-state index in [1.54, 1.807) is 4.68 Å². The lowest BCUT2D eigenvalue weighted by molar-refractivity contribution is -0.113. The van der Waals surface area contributed by atoms with Crippen LogP contribution < -0.4 is 15.4 Å². The molecule has 2 heterocycles. The van der Waals surface area contributed by atoms with Crippen molar-refractivity contribution in [2.75, 3.05) is 10.6 Å². The van der Waals surface area contributed by atoms with Crippen molar-refractivity contribution in [1.82, 2.24) is 14.8 Å². The van der Waals surface area contributed by atoms with Gasteiger partial charge < -0.3 is 15.4 Å². The monoisotopic (exact) mass is 663 g/mol. The van der Waals surface area contributed by atoms with Gasteiger partial charge in [0.15, 0.2) is 0 Å². The van der Waals surface area contributed by atoms with Crippen molar-refractivity contribution in [2.24, 2.45) is 0 Å². The Hall–Kier alpha value is -4.53. The molecule has 9 heteroatoms. The average Bonchev–Trinajstić information content (AvgIpc) is 3.45. The Balaban J connectivity index is 1.30. The zero-order chi connectivity index (χ0) is 33.2. The topological polar surface area (TPSA) is 81.1 Å². The summed E-state index contributed by atoms with van der Waals surface area (Å²) in [7, 11) is 0. The van der Waals surface area contributed by atoms with Gasteiger partial charge in [0.1, 0.15) is 18.4 Å². The number of fused-ring (bicyclic) bond motifs is 1. The minimum Gasteiger partial charge on any atom is -0.489 e. The normalized spacial score (nSPS) is 14.1. The Morgan fingerprint density at radius 2 is 1.64 bits per heavy atom. The number of nitrogens with one attached hydrogen (secondary N) is 2. The maximum absolute atomic E-state index is 14.1. The number of anilines is 2. The molecule has 1 amide bonds. The zero-order valence-electron chi connectivity index (χ0n) is 27.4. The van der Waals surface area contributed by atoms with Crippen LogP contribution in [0.1, 0.15) is 57.5 Å². The summed E-state index contributed by atoms with van der Waals surface area (Å²) < 4.78 is 8.01. The summed E-state index contributed by atoms with van der Waals surface area (Å²) >= 11 is 7.91. The Morgan fingerprint density at radius 1 is 0.894 bits per heavy atom. The number of aryl methyl sites for hydroxylation is 5. The number of amides is 1. The number of carbonyl (C=O) groups is 1. The molecule has 1 unspecified atom stereocenters. The molecule has 47 heavy (non-hydrogen) atoms. The Morgan fingerprint density at radius 3 is 2.38 bits per heavy atom. The lowest BCUT2D eigenvalue weighted by Gasteiger charge is -2.29. The average molecular weight is 664 g/mol. The number of hydrogen-bond acceptors (Lipinski definition) is 6. The van der Waals surface area contributed by atoms with Crippen LogP contribution in [-0.4, -0.2) is 20.7 Å². The summed E-state index contributed by atoms with van der Waals surface area (Å²) in [5.41, 5.74) is 11.0.